The molecule has 14 heavy (non-hydrogen) atoms. The van der Waals surface area contributed by atoms with Crippen LogP contribution < -0.4 is 11.3 Å². The maximum atomic E-state index is 11.6. The number of aryl methyl sites for hydroxylation is 1. The van der Waals surface area contributed by atoms with Gasteiger partial charge in [-0.3, -0.25) is 4.79 Å². The Balaban J connectivity index is 2.81. The summed E-state index contributed by atoms with van der Waals surface area (Å²) in [6.07, 6.45) is 3.67. The third-order valence-electron chi connectivity index (χ3n) is 1.86. The topological polar surface area (TPSA) is 48.0 Å². The molecule has 1 aromatic rings. The zero-order valence-electron chi connectivity index (χ0n) is 7.67. The number of halogens is 2. The first kappa shape index (κ1) is 11.9. The van der Waals surface area contributed by atoms with E-state index in [0.717, 1.165) is 17.3 Å². The molecule has 0 fully saturated rings. The molecule has 0 radical (unpaired) electrons. The van der Waals surface area contributed by atoms with Crippen molar-refractivity contribution in [3.05, 3.63) is 31.6 Å². The summed E-state index contributed by atoms with van der Waals surface area (Å²) in [6.45, 7) is 1.39. The molecule has 0 aliphatic carbocycles. The second-order valence-electron chi connectivity index (χ2n) is 3.00. The predicted octanol–water partition coefficient (Wildman–Crippen LogP) is 2.11. The molecule has 0 aliphatic heterocycles. The lowest BCUT2D eigenvalue weighted by Gasteiger charge is -2.06. The maximum Gasteiger partial charge on any atom is 0.264 e. The second-order valence-corrected chi connectivity index (χ2v) is 4.77. The molecule has 5 heteroatoms. The standard InChI is InChI=1S/C9H12Br2N2O/c10-7-5-8(11)9(14)13(6-7)4-2-1-3-12/h5-6H,1-4,12H2. The predicted molar refractivity (Wildman–Crippen MR) is 64.4 cm³/mol. The number of rotatable bonds is 4. The van der Waals surface area contributed by atoms with Crippen LogP contribution in [0, 0.1) is 0 Å². The smallest absolute Gasteiger partial charge is 0.264 e. The van der Waals surface area contributed by atoms with Gasteiger partial charge in [0, 0.05) is 17.2 Å². The molecule has 2 N–H and O–H groups in total. The van der Waals surface area contributed by atoms with Crippen molar-refractivity contribution in [3.63, 3.8) is 0 Å². The van der Waals surface area contributed by atoms with Crippen molar-refractivity contribution >= 4 is 31.9 Å². The molecule has 78 valence electrons. The van der Waals surface area contributed by atoms with E-state index in [1.165, 1.54) is 0 Å². The van der Waals surface area contributed by atoms with E-state index in [-0.39, 0.29) is 5.56 Å². The van der Waals surface area contributed by atoms with Gasteiger partial charge in [-0.15, -0.1) is 0 Å². The van der Waals surface area contributed by atoms with Gasteiger partial charge in [-0.25, -0.2) is 0 Å². The lowest BCUT2D eigenvalue weighted by molar-refractivity contribution is 0.595. The van der Waals surface area contributed by atoms with E-state index in [1.54, 1.807) is 16.8 Å². The molecular formula is C9H12Br2N2O. The van der Waals surface area contributed by atoms with E-state index in [9.17, 15) is 4.79 Å². The molecule has 1 aromatic heterocycles. The van der Waals surface area contributed by atoms with Crippen LogP contribution in [0.5, 0.6) is 0 Å². The van der Waals surface area contributed by atoms with Crippen molar-refractivity contribution < 1.29 is 0 Å². The highest BCUT2D eigenvalue weighted by atomic mass is 79.9. The van der Waals surface area contributed by atoms with Gasteiger partial charge in [-0.1, -0.05) is 0 Å². The number of hydrogen-bond acceptors (Lipinski definition) is 2. The fraction of sp³-hybridized carbons (Fsp3) is 0.444. The second kappa shape index (κ2) is 5.68. The van der Waals surface area contributed by atoms with Crippen molar-refractivity contribution in [2.24, 2.45) is 5.73 Å². The van der Waals surface area contributed by atoms with Crippen molar-refractivity contribution in [1.29, 1.82) is 0 Å². The summed E-state index contributed by atoms with van der Waals surface area (Å²) in [6, 6.07) is 1.75. The fourth-order valence-corrected chi connectivity index (χ4v) is 2.41. The molecule has 0 spiro atoms. The molecule has 0 atom stereocenters. The first-order valence-electron chi connectivity index (χ1n) is 4.40. The van der Waals surface area contributed by atoms with Crippen molar-refractivity contribution in [2.75, 3.05) is 6.54 Å². The molecule has 1 rings (SSSR count). The van der Waals surface area contributed by atoms with Crippen LogP contribution in [-0.2, 0) is 6.54 Å². The summed E-state index contributed by atoms with van der Waals surface area (Å²) in [5.41, 5.74) is 5.39. The molecular weight excluding hydrogens is 312 g/mol. The number of hydrogen-bond donors (Lipinski definition) is 1. The summed E-state index contributed by atoms with van der Waals surface area (Å²) >= 11 is 6.56. The normalized spacial score (nSPS) is 10.5. The Morgan fingerprint density at radius 1 is 1.36 bits per heavy atom. The van der Waals surface area contributed by atoms with E-state index < -0.39 is 0 Å². The Kier molecular flexibility index (Phi) is 4.84. The largest absolute Gasteiger partial charge is 0.330 e. The molecule has 3 nitrogen and oxygen atoms in total. The van der Waals surface area contributed by atoms with Crippen LogP contribution in [0.3, 0.4) is 0 Å². The fourth-order valence-electron chi connectivity index (χ4n) is 1.16. The first-order valence-corrected chi connectivity index (χ1v) is 5.99. The molecule has 0 aromatic carbocycles. The van der Waals surface area contributed by atoms with Gasteiger partial charge in [0.25, 0.3) is 5.56 Å². The highest BCUT2D eigenvalue weighted by molar-refractivity contribution is 9.11. The molecule has 1 heterocycles. The Labute approximate surface area is 99.6 Å². The zero-order chi connectivity index (χ0) is 10.6. The number of nitrogens with two attached hydrogens (primary N) is 1. The minimum atomic E-state index is 0.00483. The molecule has 0 unspecified atom stereocenters. The molecule has 0 amide bonds. The lowest BCUT2D eigenvalue weighted by atomic mass is 10.3. The Morgan fingerprint density at radius 3 is 2.71 bits per heavy atom. The average molecular weight is 324 g/mol. The number of nitrogens with zero attached hydrogens (tertiary/aromatic N) is 1. The van der Waals surface area contributed by atoms with Gasteiger partial charge in [0.1, 0.15) is 0 Å². The quantitative estimate of drug-likeness (QED) is 0.863. The van der Waals surface area contributed by atoms with Crippen molar-refractivity contribution in [3.8, 4) is 0 Å². The Morgan fingerprint density at radius 2 is 2.07 bits per heavy atom. The van der Waals surface area contributed by atoms with Crippen molar-refractivity contribution in [2.45, 2.75) is 19.4 Å². The highest BCUT2D eigenvalue weighted by Crippen LogP contribution is 2.12. The number of pyridine rings is 1. The Bertz CT molecular complexity index is 362. The van der Waals surface area contributed by atoms with Gasteiger partial charge < -0.3 is 10.3 Å². The van der Waals surface area contributed by atoms with Gasteiger partial charge in [0.15, 0.2) is 0 Å². The van der Waals surface area contributed by atoms with Gasteiger partial charge in [-0.2, -0.15) is 0 Å². The van der Waals surface area contributed by atoms with E-state index in [1.807, 2.05) is 0 Å². The van der Waals surface area contributed by atoms with Crippen LogP contribution in [0.1, 0.15) is 12.8 Å². The molecule has 0 saturated carbocycles. The van der Waals surface area contributed by atoms with Crippen molar-refractivity contribution in [1.82, 2.24) is 4.57 Å². The monoisotopic (exact) mass is 322 g/mol. The van der Waals surface area contributed by atoms with Crippen LogP contribution in [0.15, 0.2) is 26.0 Å². The summed E-state index contributed by atoms with van der Waals surface area (Å²) in [4.78, 5) is 11.6. The number of aromatic nitrogens is 1. The third-order valence-corrected chi connectivity index (χ3v) is 2.86. The van der Waals surface area contributed by atoms with Crippen LogP contribution >= 0.6 is 31.9 Å². The van der Waals surface area contributed by atoms with E-state index >= 15 is 0 Å². The minimum absolute atomic E-state index is 0.00483. The SMILES string of the molecule is NCCCCn1cc(Br)cc(Br)c1=O. The van der Waals surface area contributed by atoms with Crippen LogP contribution in [-0.4, -0.2) is 11.1 Å². The summed E-state index contributed by atoms with van der Waals surface area (Å²) in [7, 11) is 0. The minimum Gasteiger partial charge on any atom is -0.330 e. The van der Waals surface area contributed by atoms with Crippen LogP contribution in [0.4, 0.5) is 0 Å². The molecule has 0 aliphatic rings. The van der Waals surface area contributed by atoms with Gasteiger partial charge in [0.2, 0.25) is 0 Å². The maximum absolute atomic E-state index is 11.6. The van der Waals surface area contributed by atoms with E-state index in [0.29, 0.717) is 17.6 Å². The van der Waals surface area contributed by atoms with E-state index in [2.05, 4.69) is 31.9 Å². The number of unbranched alkanes of at least 4 members (excludes halogenated alkanes) is 1. The Hall–Kier alpha value is -0.130. The summed E-state index contributed by atoms with van der Waals surface area (Å²) in [5.74, 6) is 0. The van der Waals surface area contributed by atoms with Crippen LogP contribution in [0.25, 0.3) is 0 Å². The summed E-state index contributed by atoms with van der Waals surface area (Å²) < 4.78 is 3.17. The van der Waals surface area contributed by atoms with Gasteiger partial charge in [0.05, 0.1) is 4.47 Å². The van der Waals surface area contributed by atoms with Gasteiger partial charge >= 0.3 is 0 Å². The van der Waals surface area contributed by atoms with E-state index in [4.69, 9.17) is 5.73 Å². The lowest BCUT2D eigenvalue weighted by Crippen LogP contribution is -2.20. The first-order chi connectivity index (χ1) is 6.65. The molecule has 0 saturated heterocycles. The highest BCUT2D eigenvalue weighted by Gasteiger charge is 2.02. The van der Waals surface area contributed by atoms with Gasteiger partial charge in [-0.05, 0) is 57.3 Å². The average Bonchev–Trinajstić information content (AvgIpc) is 2.13. The third kappa shape index (κ3) is 3.22. The molecule has 0 bridgehead atoms. The summed E-state index contributed by atoms with van der Waals surface area (Å²) in [5, 5.41) is 0. The zero-order valence-corrected chi connectivity index (χ0v) is 10.8. The van der Waals surface area contributed by atoms with Crippen LogP contribution in [0.2, 0.25) is 0 Å².